The molecule has 0 radical (unpaired) electrons. The Morgan fingerprint density at radius 1 is 0.682 bits per heavy atom. The smallest absolute Gasteiger partial charge is 0.0319 e. The summed E-state index contributed by atoms with van der Waals surface area (Å²) in [4.78, 5) is 0. The van der Waals surface area contributed by atoms with Crippen LogP contribution in [0.25, 0.3) is 0 Å². The zero-order chi connectivity index (χ0) is 12.6. The molecule has 0 saturated heterocycles. The molecule has 0 amide bonds. The normalized spacial score (nSPS) is 5.09. The van der Waals surface area contributed by atoms with Gasteiger partial charge in [-0.1, -0.05) is 30.3 Å². The number of benzene rings is 1. The molecule has 2 aromatic rings. The van der Waals surface area contributed by atoms with Crippen LogP contribution in [0.4, 0.5) is 0 Å². The molecule has 0 atom stereocenters. The Kier molecular flexibility index (Phi) is 113. The predicted molar refractivity (Wildman–Crippen MR) is 96.3 cm³/mol. The number of para-hydroxylation sites is 1. The molecule has 0 aromatic heterocycles. The first kappa shape index (κ1) is 49.7. The van der Waals surface area contributed by atoms with E-state index in [4.69, 9.17) is 10.2 Å². The van der Waals surface area contributed by atoms with Crippen LogP contribution in [0.15, 0.2) is 60.7 Å². The maximum Gasteiger partial charge on any atom is 0.0319 e. The van der Waals surface area contributed by atoms with Gasteiger partial charge in [-0.3, -0.25) is 0 Å². The van der Waals surface area contributed by atoms with Crippen LogP contribution in [-0.2, 0) is 21.7 Å². The summed E-state index contributed by atoms with van der Waals surface area (Å²) in [5.74, 6) is 0.0718. The maximum atomic E-state index is 10.3. The van der Waals surface area contributed by atoms with Crippen molar-refractivity contribution in [1.29, 1.82) is 0 Å². The predicted octanol–water partition coefficient (Wildman–Crippen LogP) is 3.63. The minimum atomic E-state index is 0. The van der Waals surface area contributed by atoms with Gasteiger partial charge in [-0.2, -0.15) is 18.2 Å². The minimum absolute atomic E-state index is 0. The standard InChI is InChI=1S/C6H6O.C5H5.2CH4O.5CH3.Ti/c7-6-4-2-1-3-5-6;1-2-4-5-3-1;2*1-2;;;;;;/h1-5,7H;1-5H;2*2H,1H3;5*1H3;/q;-1;;;5*-1;/p-1. The van der Waals surface area contributed by atoms with Gasteiger partial charge in [0.05, 0.1) is 0 Å². The summed E-state index contributed by atoms with van der Waals surface area (Å²) >= 11 is 0. The molecule has 3 nitrogen and oxygen atoms in total. The topological polar surface area (TPSA) is 63.5 Å². The van der Waals surface area contributed by atoms with Crippen molar-refractivity contribution < 1.29 is 37.0 Å². The van der Waals surface area contributed by atoms with E-state index in [2.05, 4.69) is 0 Å². The fourth-order valence-electron chi connectivity index (χ4n) is 0.741. The van der Waals surface area contributed by atoms with E-state index in [0.29, 0.717) is 0 Å². The molecular formula is C18H33O3Ti-7. The van der Waals surface area contributed by atoms with E-state index in [1.54, 1.807) is 12.1 Å². The van der Waals surface area contributed by atoms with Gasteiger partial charge in [-0.15, -0.1) is 5.75 Å². The zero-order valence-corrected chi connectivity index (χ0v) is 16.6. The van der Waals surface area contributed by atoms with Crippen molar-refractivity contribution in [3.8, 4) is 5.75 Å². The Bertz CT molecular complexity index is 267. The molecule has 2 rings (SSSR count). The van der Waals surface area contributed by atoms with Crippen molar-refractivity contribution in [3.05, 3.63) is 97.8 Å². The van der Waals surface area contributed by atoms with E-state index >= 15 is 0 Å². The number of hydrogen-bond donors (Lipinski definition) is 2. The number of hydrogen-bond acceptors (Lipinski definition) is 3. The molecule has 0 aliphatic heterocycles. The largest absolute Gasteiger partial charge is 0.872 e. The molecular weight excluding hydrogens is 312 g/mol. The third kappa shape index (κ3) is 42.7. The molecule has 0 unspecified atom stereocenters. The summed E-state index contributed by atoms with van der Waals surface area (Å²) in [6, 6.07) is 18.3. The first-order valence-corrected chi connectivity index (χ1v) is 4.68. The molecule has 2 N–H and O–H groups in total. The number of aliphatic hydroxyl groups excluding tert-OH is 2. The van der Waals surface area contributed by atoms with E-state index < -0.39 is 0 Å². The first-order chi connectivity index (χ1) is 7.89. The molecule has 0 aliphatic carbocycles. The Balaban J connectivity index is -0.0000000201. The summed E-state index contributed by atoms with van der Waals surface area (Å²) in [5.41, 5.74) is 0. The Labute approximate surface area is 154 Å². The molecule has 2 aromatic carbocycles. The van der Waals surface area contributed by atoms with Gasteiger partial charge in [0.1, 0.15) is 0 Å². The van der Waals surface area contributed by atoms with Crippen LogP contribution in [0.2, 0.25) is 0 Å². The fourth-order valence-corrected chi connectivity index (χ4v) is 0.741. The van der Waals surface area contributed by atoms with Crippen molar-refractivity contribution >= 4 is 0 Å². The van der Waals surface area contributed by atoms with Crippen LogP contribution in [0.3, 0.4) is 0 Å². The molecule has 0 heterocycles. The molecule has 0 aliphatic rings. The second-order valence-electron chi connectivity index (χ2n) is 2.28. The minimum Gasteiger partial charge on any atom is -0.872 e. The van der Waals surface area contributed by atoms with Crippen LogP contribution in [0, 0.1) is 37.1 Å². The molecule has 0 bridgehead atoms. The third-order valence-corrected chi connectivity index (χ3v) is 1.30. The average Bonchev–Trinajstić information content (AvgIpc) is 2.94. The number of rotatable bonds is 0. The van der Waals surface area contributed by atoms with Crippen molar-refractivity contribution in [2.24, 2.45) is 0 Å². The van der Waals surface area contributed by atoms with Gasteiger partial charge in [-0.05, 0) is 0 Å². The Hall–Kier alpha value is -0.996. The van der Waals surface area contributed by atoms with Gasteiger partial charge in [0.25, 0.3) is 0 Å². The summed E-state index contributed by atoms with van der Waals surface area (Å²) in [6.07, 6.45) is 0. The van der Waals surface area contributed by atoms with Gasteiger partial charge in [0.15, 0.2) is 0 Å². The SMILES string of the molecule is CO.CO.[CH3-].[CH3-].[CH3-].[CH3-].[CH3-].[O-]c1ccccc1.[Ti].c1cc[cH-]c1. The molecule has 0 fully saturated rings. The van der Waals surface area contributed by atoms with Crippen LogP contribution in [0.5, 0.6) is 5.75 Å². The van der Waals surface area contributed by atoms with Crippen LogP contribution in [0.1, 0.15) is 0 Å². The van der Waals surface area contributed by atoms with Crippen molar-refractivity contribution in [2.45, 2.75) is 0 Å². The van der Waals surface area contributed by atoms with Gasteiger partial charge in [-0.25, -0.2) is 12.1 Å². The van der Waals surface area contributed by atoms with Crippen LogP contribution >= 0.6 is 0 Å². The maximum absolute atomic E-state index is 10.3. The summed E-state index contributed by atoms with van der Waals surface area (Å²) in [6.45, 7) is 0. The summed E-state index contributed by atoms with van der Waals surface area (Å²) in [5, 5.41) is 24.3. The molecule has 0 saturated carbocycles. The monoisotopic (exact) mass is 345 g/mol. The van der Waals surface area contributed by atoms with E-state index in [1.807, 2.05) is 36.4 Å². The second kappa shape index (κ2) is 50.1. The van der Waals surface area contributed by atoms with E-state index in [0.717, 1.165) is 14.2 Å². The average molecular weight is 345 g/mol. The van der Waals surface area contributed by atoms with Crippen LogP contribution in [-0.4, -0.2) is 24.4 Å². The summed E-state index contributed by atoms with van der Waals surface area (Å²) in [7, 11) is 2.00. The first-order valence-electron chi connectivity index (χ1n) is 4.68. The van der Waals surface area contributed by atoms with Gasteiger partial charge in [0.2, 0.25) is 0 Å². The van der Waals surface area contributed by atoms with Crippen molar-refractivity contribution in [3.63, 3.8) is 0 Å². The van der Waals surface area contributed by atoms with E-state index in [9.17, 15) is 5.11 Å². The van der Waals surface area contributed by atoms with Crippen LogP contribution < -0.4 is 5.11 Å². The number of aliphatic hydroxyl groups is 2. The zero-order valence-electron chi connectivity index (χ0n) is 15.1. The molecule has 22 heavy (non-hydrogen) atoms. The quantitative estimate of drug-likeness (QED) is 0.566. The molecule has 134 valence electrons. The Morgan fingerprint density at radius 3 is 1.14 bits per heavy atom. The Morgan fingerprint density at radius 2 is 1.00 bits per heavy atom. The molecule has 0 spiro atoms. The fraction of sp³-hybridized carbons (Fsp3) is 0.111. The molecule has 4 heteroatoms. The van der Waals surface area contributed by atoms with Gasteiger partial charge in [0, 0.05) is 35.9 Å². The third-order valence-electron chi connectivity index (χ3n) is 1.30. The van der Waals surface area contributed by atoms with Gasteiger partial charge >= 0.3 is 0 Å². The van der Waals surface area contributed by atoms with Crippen molar-refractivity contribution in [1.82, 2.24) is 0 Å². The second-order valence-corrected chi connectivity index (χ2v) is 2.28. The summed E-state index contributed by atoms with van der Waals surface area (Å²) < 4.78 is 0. The van der Waals surface area contributed by atoms with E-state index in [-0.39, 0.29) is 64.6 Å². The van der Waals surface area contributed by atoms with E-state index in [1.165, 1.54) is 12.1 Å². The van der Waals surface area contributed by atoms with Crippen molar-refractivity contribution in [2.75, 3.05) is 14.2 Å². The van der Waals surface area contributed by atoms with Gasteiger partial charge < -0.3 is 52.5 Å².